The van der Waals surface area contributed by atoms with Crippen LogP contribution in [0.2, 0.25) is 0 Å². The lowest BCUT2D eigenvalue weighted by molar-refractivity contribution is 0.1000. The van der Waals surface area contributed by atoms with Gasteiger partial charge < -0.3 is 10.8 Å². The van der Waals surface area contributed by atoms with Gasteiger partial charge in [0.15, 0.2) is 0 Å². The van der Waals surface area contributed by atoms with Gasteiger partial charge in [-0.3, -0.25) is 4.79 Å². The van der Waals surface area contributed by atoms with Gasteiger partial charge in [0.05, 0.1) is 6.61 Å². The lowest BCUT2D eigenvalue weighted by Crippen LogP contribution is -2.11. The Kier molecular flexibility index (Phi) is 4.76. The highest BCUT2D eigenvalue weighted by molar-refractivity contribution is 7.98. The summed E-state index contributed by atoms with van der Waals surface area (Å²) >= 11 is 1.45. The van der Waals surface area contributed by atoms with Crippen LogP contribution in [0.3, 0.4) is 0 Å². The number of aliphatic hydroxyl groups is 1. The number of hydrogen-bond acceptors (Lipinski definition) is 3. The SMILES string of the molecule is NC(=O)c1ccc(F)c(CSc2ccc(CO)cc2)c1. The van der Waals surface area contributed by atoms with Gasteiger partial charge in [0.1, 0.15) is 5.82 Å². The van der Waals surface area contributed by atoms with Gasteiger partial charge >= 0.3 is 0 Å². The lowest BCUT2D eigenvalue weighted by Gasteiger charge is -2.06. The molecule has 0 aliphatic rings. The van der Waals surface area contributed by atoms with Gasteiger partial charge in [-0.05, 0) is 41.5 Å². The third kappa shape index (κ3) is 3.59. The van der Waals surface area contributed by atoms with Crippen LogP contribution in [0.1, 0.15) is 21.5 Å². The first-order chi connectivity index (χ1) is 9.60. The highest BCUT2D eigenvalue weighted by Crippen LogP contribution is 2.25. The summed E-state index contributed by atoms with van der Waals surface area (Å²) in [5, 5.41) is 8.96. The maximum absolute atomic E-state index is 13.7. The van der Waals surface area contributed by atoms with Crippen molar-refractivity contribution in [2.75, 3.05) is 0 Å². The molecule has 2 aromatic rings. The van der Waals surface area contributed by atoms with Gasteiger partial charge in [0.2, 0.25) is 5.91 Å². The van der Waals surface area contributed by atoms with E-state index in [1.807, 2.05) is 24.3 Å². The third-order valence-electron chi connectivity index (χ3n) is 2.83. The Morgan fingerprint density at radius 1 is 1.20 bits per heavy atom. The van der Waals surface area contributed by atoms with Crippen molar-refractivity contribution >= 4 is 17.7 Å². The first-order valence-corrected chi connectivity index (χ1v) is 6.99. The molecule has 0 spiro atoms. The second kappa shape index (κ2) is 6.54. The predicted molar refractivity (Wildman–Crippen MR) is 76.8 cm³/mol. The maximum atomic E-state index is 13.7. The van der Waals surface area contributed by atoms with Gasteiger partial charge in [0.25, 0.3) is 0 Å². The zero-order valence-electron chi connectivity index (χ0n) is 10.7. The molecule has 5 heteroatoms. The average molecular weight is 291 g/mol. The van der Waals surface area contributed by atoms with Crippen molar-refractivity contribution in [3.63, 3.8) is 0 Å². The molecule has 0 atom stereocenters. The van der Waals surface area contributed by atoms with Crippen LogP contribution in [0, 0.1) is 5.82 Å². The maximum Gasteiger partial charge on any atom is 0.248 e. The van der Waals surface area contributed by atoms with E-state index >= 15 is 0 Å². The summed E-state index contributed by atoms with van der Waals surface area (Å²) in [6, 6.07) is 11.5. The van der Waals surface area contributed by atoms with Crippen LogP contribution in [0.4, 0.5) is 4.39 Å². The van der Waals surface area contributed by atoms with Crippen LogP contribution in [0.5, 0.6) is 0 Å². The molecule has 20 heavy (non-hydrogen) atoms. The largest absolute Gasteiger partial charge is 0.392 e. The second-order valence-corrected chi connectivity index (χ2v) is 5.31. The molecule has 0 saturated heterocycles. The summed E-state index contributed by atoms with van der Waals surface area (Å²) in [6.45, 7) is 0.000230. The predicted octanol–water partition coefficient (Wildman–Crippen LogP) is 2.71. The molecule has 0 aliphatic carbocycles. The number of hydrogen-bond donors (Lipinski definition) is 2. The van der Waals surface area contributed by atoms with Crippen LogP contribution in [0.25, 0.3) is 0 Å². The molecule has 3 N–H and O–H groups in total. The van der Waals surface area contributed by atoms with E-state index in [0.717, 1.165) is 10.5 Å². The summed E-state index contributed by atoms with van der Waals surface area (Å²) in [5.74, 6) is -0.510. The third-order valence-corrected chi connectivity index (χ3v) is 3.89. The summed E-state index contributed by atoms with van der Waals surface area (Å²) < 4.78 is 13.7. The average Bonchev–Trinajstić information content (AvgIpc) is 2.46. The molecule has 0 saturated carbocycles. The lowest BCUT2D eigenvalue weighted by atomic mass is 10.1. The van der Waals surface area contributed by atoms with E-state index < -0.39 is 5.91 Å². The molecular weight excluding hydrogens is 277 g/mol. The van der Waals surface area contributed by atoms with Crippen molar-refractivity contribution in [2.45, 2.75) is 17.3 Å². The summed E-state index contributed by atoms with van der Waals surface area (Å²) in [6.07, 6.45) is 0. The van der Waals surface area contributed by atoms with Crippen LogP contribution >= 0.6 is 11.8 Å². The molecule has 0 heterocycles. The van der Waals surface area contributed by atoms with Gasteiger partial charge in [-0.2, -0.15) is 0 Å². The van der Waals surface area contributed by atoms with Crippen molar-refractivity contribution in [1.82, 2.24) is 0 Å². The van der Waals surface area contributed by atoms with Gasteiger partial charge in [-0.1, -0.05) is 12.1 Å². The van der Waals surface area contributed by atoms with Crippen molar-refractivity contribution in [3.8, 4) is 0 Å². The minimum Gasteiger partial charge on any atom is -0.392 e. The second-order valence-electron chi connectivity index (χ2n) is 4.26. The van der Waals surface area contributed by atoms with Crippen molar-refractivity contribution < 1.29 is 14.3 Å². The number of carbonyl (C=O) groups is 1. The fourth-order valence-corrected chi connectivity index (χ4v) is 2.56. The molecule has 0 unspecified atom stereocenters. The van der Waals surface area contributed by atoms with E-state index in [4.69, 9.17) is 10.8 Å². The fraction of sp³-hybridized carbons (Fsp3) is 0.133. The zero-order valence-corrected chi connectivity index (χ0v) is 11.5. The van der Waals surface area contributed by atoms with E-state index in [-0.39, 0.29) is 12.4 Å². The molecule has 0 aliphatic heterocycles. The Hall–Kier alpha value is -1.85. The molecule has 2 aromatic carbocycles. The number of primary amides is 1. The minimum atomic E-state index is -0.566. The topological polar surface area (TPSA) is 63.3 Å². The standard InChI is InChI=1S/C15H14FNO2S/c16-14-6-3-11(15(17)19)7-12(14)9-20-13-4-1-10(8-18)2-5-13/h1-7,18H,8-9H2,(H2,17,19). The number of rotatable bonds is 5. The van der Waals surface area contributed by atoms with Crippen molar-refractivity contribution in [1.29, 1.82) is 0 Å². The number of carbonyl (C=O) groups excluding carboxylic acids is 1. The Bertz CT molecular complexity index is 614. The van der Waals surface area contributed by atoms with E-state index in [2.05, 4.69) is 0 Å². The first kappa shape index (κ1) is 14.6. The van der Waals surface area contributed by atoms with Gasteiger partial charge in [0, 0.05) is 16.2 Å². The van der Waals surface area contributed by atoms with E-state index in [1.54, 1.807) is 0 Å². The highest BCUT2D eigenvalue weighted by Gasteiger charge is 2.07. The molecular formula is C15H14FNO2S. The molecule has 104 valence electrons. The Labute approximate surface area is 120 Å². The molecule has 3 nitrogen and oxygen atoms in total. The summed E-state index contributed by atoms with van der Waals surface area (Å²) in [5.41, 5.74) is 6.76. The van der Waals surface area contributed by atoms with Crippen LogP contribution < -0.4 is 5.73 Å². The zero-order chi connectivity index (χ0) is 14.5. The minimum absolute atomic E-state index is 0.000230. The fourth-order valence-electron chi connectivity index (χ4n) is 1.69. The van der Waals surface area contributed by atoms with Gasteiger partial charge in [-0.15, -0.1) is 11.8 Å². The van der Waals surface area contributed by atoms with Crippen LogP contribution in [-0.4, -0.2) is 11.0 Å². The number of halogens is 1. The summed E-state index contributed by atoms with van der Waals surface area (Å²) in [4.78, 5) is 12.0. The molecule has 0 bridgehead atoms. The Balaban J connectivity index is 2.09. The van der Waals surface area contributed by atoms with Crippen LogP contribution in [0.15, 0.2) is 47.4 Å². The Morgan fingerprint density at radius 2 is 1.90 bits per heavy atom. The molecule has 2 rings (SSSR count). The molecule has 0 radical (unpaired) electrons. The number of amides is 1. The van der Waals surface area contributed by atoms with E-state index in [0.29, 0.717) is 16.9 Å². The molecule has 0 aromatic heterocycles. The van der Waals surface area contributed by atoms with Gasteiger partial charge in [-0.25, -0.2) is 4.39 Å². The van der Waals surface area contributed by atoms with Crippen LogP contribution in [-0.2, 0) is 12.4 Å². The number of benzene rings is 2. The van der Waals surface area contributed by atoms with E-state index in [9.17, 15) is 9.18 Å². The monoisotopic (exact) mass is 291 g/mol. The summed E-state index contributed by atoms with van der Waals surface area (Å²) in [7, 11) is 0. The highest BCUT2D eigenvalue weighted by atomic mass is 32.2. The Morgan fingerprint density at radius 3 is 2.50 bits per heavy atom. The number of nitrogens with two attached hydrogens (primary N) is 1. The molecule has 0 fully saturated rings. The number of thioether (sulfide) groups is 1. The first-order valence-electron chi connectivity index (χ1n) is 6.01. The smallest absolute Gasteiger partial charge is 0.248 e. The normalized spacial score (nSPS) is 10.5. The number of aliphatic hydroxyl groups excluding tert-OH is 1. The van der Waals surface area contributed by atoms with E-state index in [1.165, 1.54) is 30.0 Å². The quantitative estimate of drug-likeness (QED) is 0.833. The molecule has 1 amide bonds. The van der Waals surface area contributed by atoms with Crippen molar-refractivity contribution in [2.24, 2.45) is 5.73 Å². The van der Waals surface area contributed by atoms with Crippen molar-refractivity contribution in [3.05, 3.63) is 65.0 Å².